The van der Waals surface area contributed by atoms with Gasteiger partial charge in [-0.1, -0.05) is 48.9 Å². The molecule has 0 aliphatic carbocycles. The molecule has 2 heterocycles. The predicted octanol–water partition coefficient (Wildman–Crippen LogP) is 2.56. The summed E-state index contributed by atoms with van der Waals surface area (Å²) in [7, 11) is 1.49. The Morgan fingerprint density at radius 2 is 1.75 bits per heavy atom. The van der Waals surface area contributed by atoms with Crippen molar-refractivity contribution in [3.63, 3.8) is 0 Å². The van der Waals surface area contributed by atoms with E-state index in [2.05, 4.69) is 26.3 Å². The van der Waals surface area contributed by atoms with Gasteiger partial charge in [-0.25, -0.2) is 0 Å². The van der Waals surface area contributed by atoms with Crippen LogP contribution in [-0.4, -0.2) is 93.6 Å². The summed E-state index contributed by atoms with van der Waals surface area (Å²) in [6.07, 6.45) is 2.99. The fraction of sp³-hybridized carbons (Fsp3) is 0.514. The molecule has 3 atom stereocenters. The van der Waals surface area contributed by atoms with Crippen molar-refractivity contribution < 1.29 is 33.8 Å². The van der Waals surface area contributed by atoms with Crippen LogP contribution < -0.4 is 25.4 Å². The summed E-state index contributed by atoms with van der Waals surface area (Å²) >= 11 is 0. The number of rotatable bonds is 6. The van der Waals surface area contributed by atoms with Crippen molar-refractivity contribution in [2.75, 3.05) is 26.7 Å². The molecule has 0 saturated carbocycles. The molecule has 4 amide bonds. The minimum Gasteiger partial charge on any atom is -0.493 e. The number of aliphatic hydroxyl groups excluding tert-OH is 1. The minimum atomic E-state index is -1.24. The maximum absolute atomic E-state index is 13.5. The smallest absolute Gasteiger partial charge is 0.252 e. The number of carbonyl (C=O) groups is 4. The van der Waals surface area contributed by atoms with Gasteiger partial charge in [-0.05, 0) is 69.2 Å². The van der Waals surface area contributed by atoms with Gasteiger partial charge in [0.25, 0.3) is 5.91 Å². The maximum Gasteiger partial charge on any atom is 0.252 e. The molecular weight excluding hydrogens is 654 g/mol. The zero-order valence-electron chi connectivity index (χ0n) is 30.2. The third kappa shape index (κ3) is 11.8. The van der Waals surface area contributed by atoms with Crippen molar-refractivity contribution >= 4 is 23.6 Å². The van der Waals surface area contributed by atoms with Crippen molar-refractivity contribution in [1.29, 1.82) is 0 Å². The van der Waals surface area contributed by atoms with Gasteiger partial charge in [-0.3, -0.25) is 23.9 Å². The van der Waals surface area contributed by atoms with Crippen molar-refractivity contribution in [2.24, 2.45) is 5.92 Å². The summed E-state index contributed by atoms with van der Waals surface area (Å²) in [6, 6.07) is 10.4. The third-order valence-electron chi connectivity index (χ3n) is 8.58. The molecule has 0 radical (unpaired) electrons. The Kier molecular flexibility index (Phi) is 14.4. The van der Waals surface area contributed by atoms with Gasteiger partial charge in [-0.2, -0.15) is 0 Å². The number of hydrogen-bond donors (Lipinski definition) is 4. The van der Waals surface area contributed by atoms with Crippen LogP contribution in [0.2, 0.25) is 0 Å². The Balaban J connectivity index is 1.56. The lowest BCUT2D eigenvalue weighted by Crippen LogP contribution is -2.57. The monoisotopic (exact) mass is 705 g/mol. The molecule has 4 rings (SSSR count). The van der Waals surface area contributed by atoms with Gasteiger partial charge < -0.3 is 35.4 Å². The molecule has 0 unspecified atom stereocenters. The maximum atomic E-state index is 13.5. The van der Waals surface area contributed by atoms with Gasteiger partial charge in [0, 0.05) is 31.7 Å². The van der Waals surface area contributed by atoms with Crippen LogP contribution in [0, 0.1) is 12.8 Å². The number of benzene rings is 2. The van der Waals surface area contributed by atoms with E-state index in [-0.39, 0.29) is 37.0 Å². The highest BCUT2D eigenvalue weighted by Gasteiger charge is 2.30. The number of hydrogen-bond acceptors (Lipinski definition) is 9. The molecule has 14 heteroatoms. The Labute approximate surface area is 299 Å². The summed E-state index contributed by atoms with van der Waals surface area (Å²) in [6.45, 7) is 9.12. The number of nitrogens with zero attached hydrogens (tertiary/aromatic N) is 4. The molecule has 1 aliphatic heterocycles. The van der Waals surface area contributed by atoms with Gasteiger partial charge in [-0.15, -0.1) is 5.10 Å². The van der Waals surface area contributed by atoms with E-state index in [0.29, 0.717) is 62.5 Å². The third-order valence-corrected chi connectivity index (χ3v) is 8.58. The van der Waals surface area contributed by atoms with Crippen LogP contribution in [0.25, 0.3) is 0 Å². The molecule has 14 nitrogen and oxygen atoms in total. The van der Waals surface area contributed by atoms with Gasteiger partial charge in [0.2, 0.25) is 17.7 Å². The number of nitrogens with one attached hydrogen (secondary N) is 3. The Morgan fingerprint density at radius 3 is 2.45 bits per heavy atom. The number of aromatic nitrogens is 3. The largest absolute Gasteiger partial charge is 0.493 e. The quantitative estimate of drug-likeness (QED) is 0.300. The van der Waals surface area contributed by atoms with Crippen molar-refractivity contribution in [2.45, 2.75) is 91.1 Å². The lowest BCUT2D eigenvalue weighted by molar-refractivity contribution is -0.132. The van der Waals surface area contributed by atoms with E-state index in [9.17, 15) is 24.3 Å². The molecule has 0 saturated heterocycles. The fourth-order valence-electron chi connectivity index (χ4n) is 5.73. The van der Waals surface area contributed by atoms with Crippen molar-refractivity contribution in [3.05, 3.63) is 71.0 Å². The summed E-state index contributed by atoms with van der Waals surface area (Å²) in [5.74, 6) is -0.924. The summed E-state index contributed by atoms with van der Waals surface area (Å²) in [5.41, 5.74) is 2.86. The highest BCUT2D eigenvalue weighted by atomic mass is 16.5. The number of fused-ring (bicyclic) bond motifs is 4. The van der Waals surface area contributed by atoms with Crippen LogP contribution in [0.3, 0.4) is 0 Å². The van der Waals surface area contributed by atoms with E-state index in [1.807, 2.05) is 49.9 Å². The normalized spacial score (nSPS) is 19.2. The van der Waals surface area contributed by atoms with E-state index in [0.717, 1.165) is 11.1 Å². The zero-order chi connectivity index (χ0) is 36.9. The molecule has 4 N–H and O–H groups in total. The average molecular weight is 706 g/mol. The molecule has 1 aromatic heterocycles. The standard InChI is InChI=1S/C37H51N7O7/c1-24(2)19-30-36(48)40-34(26(4)45)37(49)38-15-6-7-16-43(33(46)20-27-11-9-25(3)10-12-27)17-8-18-44-22-29(41-42-44)23-51-32-21-28(35(47)39-30)13-14-31(32)50-5/h9-14,21-22,24,26,30,34,45H,6-8,15-20,23H2,1-5H3,(H,38,49)(H,39,47)(H,40,48)/t26-,30-,34+/m1/s1. The van der Waals surface area contributed by atoms with Gasteiger partial charge >= 0.3 is 0 Å². The SMILES string of the molecule is COc1ccc2cc1OCc1cn(nn1)CCCN(C(=O)Cc1ccc(C)cc1)CCCCNC(=O)[C@H]([C@@H](C)O)NC(=O)[C@@H](CC(C)C)NC2=O. The van der Waals surface area contributed by atoms with E-state index < -0.39 is 35.9 Å². The van der Waals surface area contributed by atoms with Gasteiger partial charge in [0.05, 0.1) is 25.8 Å². The van der Waals surface area contributed by atoms with Crippen LogP contribution in [0.5, 0.6) is 11.5 Å². The number of aliphatic hydroxyl groups is 1. The first kappa shape index (κ1) is 38.8. The van der Waals surface area contributed by atoms with Crippen LogP contribution >= 0.6 is 0 Å². The summed E-state index contributed by atoms with van der Waals surface area (Å²) in [4.78, 5) is 55.3. The first-order chi connectivity index (χ1) is 24.4. The molecule has 0 spiro atoms. The second-order valence-electron chi connectivity index (χ2n) is 13.4. The molecule has 4 bridgehead atoms. The molecule has 2 aromatic carbocycles. The highest BCUT2D eigenvalue weighted by molar-refractivity contribution is 5.99. The number of methoxy groups -OCH3 is 1. The zero-order valence-corrected chi connectivity index (χ0v) is 30.2. The Bertz CT molecular complexity index is 1620. The van der Waals surface area contributed by atoms with Gasteiger partial charge in [0.15, 0.2) is 11.5 Å². The first-order valence-electron chi connectivity index (χ1n) is 17.5. The van der Waals surface area contributed by atoms with E-state index >= 15 is 0 Å². The molecule has 0 fully saturated rings. The number of aryl methyl sites for hydroxylation is 2. The first-order valence-corrected chi connectivity index (χ1v) is 17.5. The summed E-state index contributed by atoms with van der Waals surface area (Å²) in [5, 5.41) is 27.1. The van der Waals surface area contributed by atoms with E-state index in [4.69, 9.17) is 9.47 Å². The lowest BCUT2D eigenvalue weighted by Gasteiger charge is -2.26. The second kappa shape index (κ2) is 18.9. The average Bonchev–Trinajstić information content (AvgIpc) is 3.55. The number of ether oxygens (including phenoxy) is 2. The topological polar surface area (TPSA) is 177 Å². The van der Waals surface area contributed by atoms with Crippen LogP contribution in [-0.2, 0) is 34.0 Å². The Hall–Kier alpha value is -4.98. The van der Waals surface area contributed by atoms with Crippen LogP contribution in [0.1, 0.15) is 73.6 Å². The minimum absolute atomic E-state index is 0.00751. The predicted molar refractivity (Wildman–Crippen MR) is 190 cm³/mol. The second-order valence-corrected chi connectivity index (χ2v) is 13.4. The fourth-order valence-corrected chi connectivity index (χ4v) is 5.73. The van der Waals surface area contributed by atoms with Crippen LogP contribution in [0.15, 0.2) is 48.7 Å². The van der Waals surface area contributed by atoms with Crippen molar-refractivity contribution in [1.82, 2.24) is 35.8 Å². The summed E-state index contributed by atoms with van der Waals surface area (Å²) < 4.78 is 13.2. The van der Waals surface area contributed by atoms with E-state index in [1.165, 1.54) is 20.1 Å². The highest BCUT2D eigenvalue weighted by Crippen LogP contribution is 2.29. The number of amides is 4. The molecule has 51 heavy (non-hydrogen) atoms. The molecule has 3 aromatic rings. The number of carbonyl (C=O) groups excluding carboxylic acids is 4. The van der Waals surface area contributed by atoms with Crippen molar-refractivity contribution in [3.8, 4) is 11.5 Å². The molecular formula is C37H51N7O7. The molecule has 276 valence electrons. The van der Waals surface area contributed by atoms with Gasteiger partial charge in [0.1, 0.15) is 24.4 Å². The lowest BCUT2D eigenvalue weighted by atomic mass is 10.0. The Morgan fingerprint density at radius 1 is 1.00 bits per heavy atom. The van der Waals surface area contributed by atoms with E-state index in [1.54, 1.807) is 23.0 Å². The van der Waals surface area contributed by atoms with Crippen LogP contribution in [0.4, 0.5) is 0 Å². The molecule has 1 aliphatic rings.